The van der Waals surface area contributed by atoms with Crippen molar-refractivity contribution in [2.75, 3.05) is 12.0 Å². The number of aliphatic hydroxyl groups is 2. The number of hydrogen-bond acceptors (Lipinski definition) is 8. The van der Waals surface area contributed by atoms with Crippen LogP contribution in [0.4, 0.5) is 5.69 Å². The third-order valence-corrected chi connectivity index (χ3v) is 2.98. The Morgan fingerprint density at radius 3 is 2.62 bits per heavy atom. The van der Waals surface area contributed by atoms with Crippen LogP contribution in [-0.4, -0.2) is 51.6 Å². The van der Waals surface area contributed by atoms with Gasteiger partial charge in [-0.25, -0.2) is 4.79 Å². The second-order valence-corrected chi connectivity index (χ2v) is 4.58. The fourth-order valence-electron chi connectivity index (χ4n) is 1.67. The highest BCUT2D eigenvalue weighted by molar-refractivity contribution is 6.69. The minimum Gasteiger partial charge on any atom is -0.448 e. The van der Waals surface area contributed by atoms with Crippen molar-refractivity contribution in [3.8, 4) is 0 Å². The average molecular weight is 314 g/mol. The number of rotatable bonds is 4. The van der Waals surface area contributed by atoms with Gasteiger partial charge in [0, 0.05) is 5.02 Å². The predicted octanol–water partition coefficient (Wildman–Crippen LogP) is 0.217. The molecule has 21 heavy (non-hydrogen) atoms. The Kier molecular flexibility index (Phi) is 4.73. The van der Waals surface area contributed by atoms with Crippen molar-refractivity contribution in [2.45, 2.75) is 12.2 Å². The first kappa shape index (κ1) is 15.2. The van der Waals surface area contributed by atoms with Crippen LogP contribution < -0.4 is 5.43 Å². The first-order valence-electron chi connectivity index (χ1n) is 5.88. The molecule has 0 spiro atoms. The molecule has 1 heterocycles. The molecular weight excluding hydrogens is 302 g/mol. The summed E-state index contributed by atoms with van der Waals surface area (Å²) in [5, 5.41) is 34.5. The van der Waals surface area contributed by atoms with Crippen molar-refractivity contribution < 1.29 is 25.0 Å². The number of esters is 1. The highest BCUT2D eigenvalue weighted by Gasteiger charge is 2.43. The van der Waals surface area contributed by atoms with E-state index in [4.69, 9.17) is 26.7 Å². The molecule has 9 heteroatoms. The number of hydrogen-bond donors (Lipinski definition) is 4. The quantitative estimate of drug-likeness (QED) is 0.358. The van der Waals surface area contributed by atoms with Gasteiger partial charge in [-0.2, -0.15) is 5.10 Å². The van der Waals surface area contributed by atoms with Gasteiger partial charge in [-0.15, -0.1) is 0 Å². The number of benzene rings is 1. The first-order chi connectivity index (χ1) is 10.1. The maximum atomic E-state index is 11.7. The van der Waals surface area contributed by atoms with Crippen LogP contribution in [0.3, 0.4) is 0 Å². The number of oxime groups is 1. The molecule has 1 aromatic carbocycles. The van der Waals surface area contributed by atoms with E-state index in [0.717, 1.165) is 0 Å². The van der Waals surface area contributed by atoms with Crippen molar-refractivity contribution in [3.63, 3.8) is 0 Å². The maximum absolute atomic E-state index is 11.7. The molecular formula is C12H12ClN3O5. The molecule has 0 amide bonds. The third-order valence-electron chi connectivity index (χ3n) is 2.72. The fourth-order valence-corrected chi connectivity index (χ4v) is 1.80. The van der Waals surface area contributed by atoms with Gasteiger partial charge in [0.2, 0.25) is 0 Å². The van der Waals surface area contributed by atoms with Gasteiger partial charge in [0.1, 0.15) is 6.10 Å². The molecule has 112 valence electrons. The van der Waals surface area contributed by atoms with Crippen LogP contribution in [0.25, 0.3) is 0 Å². The summed E-state index contributed by atoms with van der Waals surface area (Å²) in [6, 6.07) is 6.50. The largest absolute Gasteiger partial charge is 0.448 e. The van der Waals surface area contributed by atoms with Crippen LogP contribution in [0.15, 0.2) is 34.5 Å². The highest BCUT2D eigenvalue weighted by atomic mass is 35.5. The first-order valence-corrected chi connectivity index (χ1v) is 6.26. The second kappa shape index (κ2) is 6.53. The second-order valence-electron chi connectivity index (χ2n) is 4.14. The molecule has 1 aromatic rings. The minimum absolute atomic E-state index is 0.261. The molecule has 2 atom stereocenters. The summed E-state index contributed by atoms with van der Waals surface area (Å²) in [6.45, 7) is -0.658. The maximum Gasteiger partial charge on any atom is 0.361 e. The topological polar surface area (TPSA) is 124 Å². The van der Waals surface area contributed by atoms with Crippen LogP contribution in [0.2, 0.25) is 5.02 Å². The van der Waals surface area contributed by atoms with E-state index in [1.54, 1.807) is 24.3 Å². The summed E-state index contributed by atoms with van der Waals surface area (Å²) in [4.78, 5) is 11.7. The lowest BCUT2D eigenvalue weighted by Gasteiger charge is -2.13. The normalized spacial score (nSPS) is 23.4. The van der Waals surface area contributed by atoms with Crippen LogP contribution in [0, 0.1) is 0 Å². The van der Waals surface area contributed by atoms with E-state index in [1.807, 2.05) is 0 Å². The fraction of sp³-hybridized carbons (Fsp3) is 0.250. The summed E-state index contributed by atoms with van der Waals surface area (Å²) in [7, 11) is 0. The molecule has 0 aromatic heterocycles. The van der Waals surface area contributed by atoms with E-state index in [-0.39, 0.29) is 11.4 Å². The van der Waals surface area contributed by atoms with E-state index in [2.05, 4.69) is 15.7 Å². The van der Waals surface area contributed by atoms with E-state index in [1.165, 1.54) is 0 Å². The summed E-state index contributed by atoms with van der Waals surface area (Å²) in [5.74, 6) is -0.873. The Hall–Kier alpha value is -2.16. The number of halogens is 1. The molecule has 0 bridgehead atoms. The van der Waals surface area contributed by atoms with Crippen LogP contribution in [0.1, 0.15) is 0 Å². The third kappa shape index (κ3) is 3.30. The number of nitrogens with zero attached hydrogens (tertiary/aromatic N) is 2. The Bertz CT molecular complexity index is 587. The summed E-state index contributed by atoms with van der Waals surface area (Å²) < 4.78 is 4.81. The molecule has 2 unspecified atom stereocenters. The number of carbonyl (C=O) groups is 1. The lowest BCUT2D eigenvalue weighted by Crippen LogP contribution is -2.36. The molecule has 1 saturated heterocycles. The van der Waals surface area contributed by atoms with Gasteiger partial charge in [0.15, 0.2) is 17.5 Å². The summed E-state index contributed by atoms with van der Waals surface area (Å²) in [5.41, 5.74) is 2.57. The van der Waals surface area contributed by atoms with Gasteiger partial charge in [-0.05, 0) is 24.3 Å². The minimum atomic E-state index is -1.40. The molecule has 1 aliphatic rings. The smallest absolute Gasteiger partial charge is 0.361 e. The van der Waals surface area contributed by atoms with Crippen LogP contribution in [0.5, 0.6) is 0 Å². The molecule has 4 N–H and O–H groups in total. The van der Waals surface area contributed by atoms with Gasteiger partial charge in [-0.1, -0.05) is 16.8 Å². The molecule has 0 radical (unpaired) electrons. The van der Waals surface area contributed by atoms with Gasteiger partial charge in [-0.3, -0.25) is 5.43 Å². The Morgan fingerprint density at radius 1 is 1.38 bits per heavy atom. The zero-order valence-corrected chi connectivity index (χ0v) is 11.4. The van der Waals surface area contributed by atoms with Crippen LogP contribution in [-0.2, 0) is 9.53 Å². The van der Waals surface area contributed by atoms with Crippen molar-refractivity contribution >= 4 is 34.7 Å². The number of ether oxygens (including phenoxy) is 1. The number of aliphatic hydroxyl groups excluding tert-OH is 2. The van der Waals surface area contributed by atoms with Crippen LogP contribution >= 0.6 is 11.6 Å². The Labute approximate surface area is 124 Å². The summed E-state index contributed by atoms with van der Waals surface area (Å²) >= 11 is 5.74. The SMILES string of the molecule is O=C1OC(C(O)CO)C(=N\O)/C1=N\Nc1ccc(Cl)cc1. The molecule has 8 nitrogen and oxygen atoms in total. The Balaban J connectivity index is 2.19. The number of carbonyl (C=O) groups excluding carboxylic acids is 1. The zero-order chi connectivity index (χ0) is 15.4. The molecule has 0 aliphatic carbocycles. The molecule has 1 fully saturated rings. The monoisotopic (exact) mass is 313 g/mol. The summed E-state index contributed by atoms with van der Waals surface area (Å²) in [6.07, 6.45) is -2.67. The highest BCUT2D eigenvalue weighted by Crippen LogP contribution is 2.16. The molecule has 1 aliphatic heterocycles. The number of cyclic esters (lactones) is 1. The van der Waals surface area contributed by atoms with E-state index < -0.39 is 24.8 Å². The standard InChI is InChI=1S/C12H12ClN3O5/c13-6-1-3-7(4-2-6)14-15-10-9(16-20)11(8(18)5-17)21-12(10)19/h1-4,8,11,14,17-18,20H,5H2/b15-10+,16-9-. The predicted molar refractivity (Wildman–Crippen MR) is 74.7 cm³/mol. The Morgan fingerprint density at radius 2 is 2.05 bits per heavy atom. The van der Waals surface area contributed by atoms with Crippen molar-refractivity contribution in [1.29, 1.82) is 0 Å². The number of nitrogens with one attached hydrogen (secondary N) is 1. The van der Waals surface area contributed by atoms with Gasteiger partial charge < -0.3 is 20.2 Å². The molecule has 2 rings (SSSR count). The zero-order valence-electron chi connectivity index (χ0n) is 10.6. The molecule has 0 saturated carbocycles. The van der Waals surface area contributed by atoms with E-state index in [0.29, 0.717) is 10.7 Å². The average Bonchev–Trinajstić information content (AvgIpc) is 2.82. The van der Waals surface area contributed by atoms with E-state index in [9.17, 15) is 9.90 Å². The number of anilines is 1. The van der Waals surface area contributed by atoms with Crippen molar-refractivity contribution in [1.82, 2.24) is 0 Å². The lowest BCUT2D eigenvalue weighted by molar-refractivity contribution is -0.140. The van der Waals surface area contributed by atoms with E-state index >= 15 is 0 Å². The van der Waals surface area contributed by atoms with Gasteiger partial charge in [0.05, 0.1) is 12.3 Å². The van der Waals surface area contributed by atoms with Gasteiger partial charge in [0.25, 0.3) is 0 Å². The number of hydrazone groups is 1. The van der Waals surface area contributed by atoms with Crippen molar-refractivity contribution in [3.05, 3.63) is 29.3 Å². The van der Waals surface area contributed by atoms with Crippen molar-refractivity contribution in [2.24, 2.45) is 10.3 Å². The lowest BCUT2D eigenvalue weighted by atomic mass is 10.1. The van der Waals surface area contributed by atoms with Gasteiger partial charge >= 0.3 is 5.97 Å².